The fourth-order valence-corrected chi connectivity index (χ4v) is 3.62. The van der Waals surface area contributed by atoms with Gasteiger partial charge in [-0.2, -0.15) is 0 Å². The van der Waals surface area contributed by atoms with Crippen molar-refractivity contribution in [2.45, 2.75) is 12.8 Å². The van der Waals surface area contributed by atoms with E-state index in [2.05, 4.69) is 10.3 Å². The van der Waals surface area contributed by atoms with E-state index in [4.69, 9.17) is 0 Å². The summed E-state index contributed by atoms with van der Waals surface area (Å²) in [4.78, 5) is 18.7. The number of benzene rings is 1. The van der Waals surface area contributed by atoms with Gasteiger partial charge in [-0.25, -0.2) is 4.98 Å². The number of likely N-dealkylation sites (tertiary alicyclic amines) is 1. The van der Waals surface area contributed by atoms with Crippen molar-refractivity contribution in [2.24, 2.45) is 5.41 Å². The van der Waals surface area contributed by atoms with Crippen molar-refractivity contribution in [3.63, 3.8) is 0 Å². The predicted molar refractivity (Wildman–Crippen MR) is 84.0 cm³/mol. The molecule has 1 atom stereocenters. The van der Waals surface area contributed by atoms with Gasteiger partial charge in [-0.1, -0.05) is 0 Å². The van der Waals surface area contributed by atoms with Crippen LogP contribution in [0.4, 0.5) is 0 Å². The number of imidazole rings is 1. The van der Waals surface area contributed by atoms with Gasteiger partial charge in [-0.3, -0.25) is 4.79 Å². The highest BCUT2D eigenvalue weighted by Gasteiger charge is 2.41. The molecule has 0 saturated carbocycles. The summed E-state index contributed by atoms with van der Waals surface area (Å²) >= 11 is 0. The number of aromatic nitrogens is 2. The maximum Gasteiger partial charge on any atom is 0.253 e. The van der Waals surface area contributed by atoms with Crippen LogP contribution < -0.4 is 5.32 Å². The van der Waals surface area contributed by atoms with Gasteiger partial charge in [0.25, 0.3) is 5.91 Å². The monoisotopic (exact) mass is 296 g/mol. The van der Waals surface area contributed by atoms with Crippen molar-refractivity contribution in [1.82, 2.24) is 19.8 Å². The molecular formula is C17H20N4O. The molecule has 0 aliphatic carbocycles. The minimum Gasteiger partial charge on any atom is -0.338 e. The average Bonchev–Trinajstić information content (AvgIpc) is 3.30. The number of carbonyl (C=O) groups is 1. The van der Waals surface area contributed by atoms with Crippen molar-refractivity contribution in [3.8, 4) is 5.69 Å². The Kier molecular flexibility index (Phi) is 3.22. The number of carbonyl (C=O) groups excluding carboxylic acids is 1. The van der Waals surface area contributed by atoms with E-state index in [0.717, 1.165) is 43.9 Å². The van der Waals surface area contributed by atoms with Gasteiger partial charge in [-0.15, -0.1) is 0 Å². The zero-order valence-electron chi connectivity index (χ0n) is 12.5. The summed E-state index contributed by atoms with van der Waals surface area (Å²) < 4.78 is 1.93. The zero-order valence-corrected chi connectivity index (χ0v) is 12.5. The molecule has 1 N–H and O–H groups in total. The third-order valence-electron chi connectivity index (χ3n) is 4.97. The Labute approximate surface area is 130 Å². The molecule has 2 saturated heterocycles. The van der Waals surface area contributed by atoms with Crippen LogP contribution in [0.1, 0.15) is 23.2 Å². The highest BCUT2D eigenvalue weighted by atomic mass is 16.2. The Morgan fingerprint density at radius 3 is 2.77 bits per heavy atom. The second-order valence-corrected chi connectivity index (χ2v) is 6.42. The molecule has 4 rings (SSSR count). The number of hydrogen-bond acceptors (Lipinski definition) is 3. The smallest absolute Gasteiger partial charge is 0.253 e. The number of nitrogens with zero attached hydrogens (tertiary/aromatic N) is 3. The molecule has 0 radical (unpaired) electrons. The van der Waals surface area contributed by atoms with Gasteiger partial charge in [-0.05, 0) is 43.7 Å². The van der Waals surface area contributed by atoms with Gasteiger partial charge < -0.3 is 14.8 Å². The molecule has 5 nitrogen and oxygen atoms in total. The fraction of sp³-hybridized carbons (Fsp3) is 0.412. The van der Waals surface area contributed by atoms with Crippen LogP contribution in [0, 0.1) is 5.41 Å². The lowest BCUT2D eigenvalue weighted by Crippen LogP contribution is -2.33. The van der Waals surface area contributed by atoms with E-state index in [0.29, 0.717) is 5.41 Å². The van der Waals surface area contributed by atoms with Gasteiger partial charge in [0.2, 0.25) is 0 Å². The minimum absolute atomic E-state index is 0.154. The van der Waals surface area contributed by atoms with Gasteiger partial charge >= 0.3 is 0 Å². The molecule has 2 aliphatic heterocycles. The maximum atomic E-state index is 12.7. The molecule has 2 aliphatic rings. The van der Waals surface area contributed by atoms with Crippen LogP contribution in [0.3, 0.4) is 0 Å². The average molecular weight is 296 g/mol. The molecule has 1 unspecified atom stereocenters. The van der Waals surface area contributed by atoms with Crippen LogP contribution in [0.5, 0.6) is 0 Å². The van der Waals surface area contributed by atoms with Crippen LogP contribution >= 0.6 is 0 Å². The summed E-state index contributed by atoms with van der Waals surface area (Å²) in [7, 11) is 0. The van der Waals surface area contributed by atoms with Crippen LogP contribution in [-0.4, -0.2) is 46.5 Å². The van der Waals surface area contributed by atoms with Crippen LogP contribution in [0.15, 0.2) is 43.0 Å². The van der Waals surface area contributed by atoms with E-state index in [1.54, 1.807) is 12.5 Å². The Hall–Kier alpha value is -2.14. The van der Waals surface area contributed by atoms with E-state index >= 15 is 0 Å². The highest BCUT2D eigenvalue weighted by molar-refractivity contribution is 5.94. The van der Waals surface area contributed by atoms with Crippen LogP contribution in [0.25, 0.3) is 5.69 Å². The van der Waals surface area contributed by atoms with E-state index < -0.39 is 0 Å². The van der Waals surface area contributed by atoms with Crippen molar-refractivity contribution in [2.75, 3.05) is 26.2 Å². The first-order valence-electron chi connectivity index (χ1n) is 7.84. The Morgan fingerprint density at radius 2 is 2.09 bits per heavy atom. The van der Waals surface area contributed by atoms with Crippen molar-refractivity contribution in [1.29, 1.82) is 0 Å². The minimum atomic E-state index is 0.154. The van der Waals surface area contributed by atoms with E-state index in [1.807, 2.05) is 39.9 Å². The summed E-state index contributed by atoms with van der Waals surface area (Å²) in [6, 6.07) is 7.76. The third-order valence-corrected chi connectivity index (χ3v) is 4.97. The number of amides is 1. The van der Waals surface area contributed by atoms with Gasteiger partial charge in [0.1, 0.15) is 0 Å². The molecule has 114 valence electrons. The quantitative estimate of drug-likeness (QED) is 0.917. The van der Waals surface area contributed by atoms with E-state index in [9.17, 15) is 4.79 Å². The summed E-state index contributed by atoms with van der Waals surface area (Å²) in [5, 5.41) is 3.43. The van der Waals surface area contributed by atoms with E-state index in [-0.39, 0.29) is 5.91 Å². The number of hydrogen-bond donors (Lipinski definition) is 1. The summed E-state index contributed by atoms with van der Waals surface area (Å²) in [6.45, 7) is 3.91. The molecule has 22 heavy (non-hydrogen) atoms. The van der Waals surface area contributed by atoms with Crippen molar-refractivity contribution in [3.05, 3.63) is 48.5 Å². The summed E-state index contributed by atoms with van der Waals surface area (Å²) in [5.74, 6) is 0.154. The molecular weight excluding hydrogens is 276 g/mol. The van der Waals surface area contributed by atoms with Crippen LogP contribution in [0.2, 0.25) is 0 Å². The normalized spacial score (nSPS) is 24.3. The van der Waals surface area contributed by atoms with Gasteiger partial charge in [0, 0.05) is 48.7 Å². The molecule has 2 fully saturated rings. The molecule has 1 aromatic heterocycles. The number of rotatable bonds is 2. The highest BCUT2D eigenvalue weighted by Crippen LogP contribution is 2.36. The lowest BCUT2D eigenvalue weighted by molar-refractivity contribution is 0.0776. The number of nitrogens with one attached hydrogen (secondary N) is 1. The molecule has 0 bridgehead atoms. The van der Waals surface area contributed by atoms with Crippen molar-refractivity contribution < 1.29 is 4.79 Å². The fourth-order valence-electron chi connectivity index (χ4n) is 3.62. The predicted octanol–water partition coefficient (Wildman–Crippen LogP) is 1.70. The maximum absolute atomic E-state index is 12.7. The first kappa shape index (κ1) is 13.5. The lowest BCUT2D eigenvalue weighted by atomic mass is 9.86. The van der Waals surface area contributed by atoms with Crippen molar-refractivity contribution >= 4 is 5.91 Å². The summed E-state index contributed by atoms with van der Waals surface area (Å²) in [6.07, 6.45) is 7.72. The molecule has 3 heterocycles. The lowest BCUT2D eigenvalue weighted by Gasteiger charge is -2.22. The molecule has 1 amide bonds. The van der Waals surface area contributed by atoms with Gasteiger partial charge in [0.15, 0.2) is 0 Å². The first-order valence-corrected chi connectivity index (χ1v) is 7.84. The first-order chi connectivity index (χ1) is 10.8. The Balaban J connectivity index is 1.49. The Bertz CT molecular complexity index is 656. The third kappa shape index (κ3) is 2.31. The SMILES string of the molecule is O=C(c1ccc(-n2ccnc2)cc1)N1CCC2(CCNC2)C1. The molecule has 2 aromatic rings. The van der Waals surface area contributed by atoms with Crippen LogP contribution in [-0.2, 0) is 0 Å². The Morgan fingerprint density at radius 1 is 1.23 bits per heavy atom. The standard InChI is InChI=1S/C17H20N4O/c22-16(20-9-6-17(12-20)5-7-18-11-17)14-1-3-15(4-2-14)21-10-8-19-13-21/h1-4,8,10,13,18H,5-7,9,11-12H2. The second-order valence-electron chi connectivity index (χ2n) is 6.42. The largest absolute Gasteiger partial charge is 0.338 e. The van der Waals surface area contributed by atoms with E-state index in [1.165, 1.54) is 6.42 Å². The molecule has 1 aromatic carbocycles. The second kappa shape index (κ2) is 5.25. The van der Waals surface area contributed by atoms with Gasteiger partial charge in [0.05, 0.1) is 6.33 Å². The zero-order chi connectivity index (χ0) is 15.0. The molecule has 5 heteroatoms. The summed E-state index contributed by atoms with van der Waals surface area (Å²) in [5.41, 5.74) is 2.12. The molecule has 1 spiro atoms. The topological polar surface area (TPSA) is 50.2 Å².